The predicted octanol–water partition coefficient (Wildman–Crippen LogP) is 3.32. The maximum absolute atomic E-state index is 13.3. The Morgan fingerprint density at radius 3 is 2.59 bits per heavy atom. The lowest BCUT2D eigenvalue weighted by Gasteiger charge is -2.09. The number of hydrogen-bond donors (Lipinski definition) is 2. The average Bonchev–Trinajstić information content (AvgIpc) is 3.14. The van der Waals surface area contributed by atoms with Crippen molar-refractivity contribution in [3.05, 3.63) is 76.5 Å². The minimum absolute atomic E-state index is 0.0234. The van der Waals surface area contributed by atoms with E-state index in [0.29, 0.717) is 11.1 Å². The van der Waals surface area contributed by atoms with Gasteiger partial charge >= 0.3 is 0 Å². The van der Waals surface area contributed by atoms with Crippen molar-refractivity contribution in [1.29, 1.82) is 0 Å². The molecule has 27 heavy (non-hydrogen) atoms. The topological polar surface area (TPSA) is 88.2 Å². The van der Waals surface area contributed by atoms with E-state index < -0.39 is 10.0 Å². The van der Waals surface area contributed by atoms with Gasteiger partial charge in [-0.05, 0) is 54.4 Å². The predicted molar refractivity (Wildman–Crippen MR) is 102 cm³/mol. The van der Waals surface area contributed by atoms with Gasteiger partial charge < -0.3 is 5.32 Å². The third-order valence-electron chi connectivity index (χ3n) is 3.83. The highest BCUT2D eigenvalue weighted by atomic mass is 32.2. The Morgan fingerprint density at radius 2 is 1.93 bits per heavy atom. The average molecular weight is 405 g/mol. The minimum Gasteiger partial charge on any atom is -0.348 e. The Kier molecular flexibility index (Phi) is 5.52. The van der Waals surface area contributed by atoms with Crippen molar-refractivity contribution >= 4 is 32.4 Å². The van der Waals surface area contributed by atoms with Crippen LogP contribution in [0.15, 0.2) is 58.9 Å². The Bertz CT molecular complexity index is 1050. The van der Waals surface area contributed by atoms with Gasteiger partial charge in [0.25, 0.3) is 15.9 Å². The molecule has 9 heteroatoms. The SMILES string of the molecule is Cc1ccc(F)cc1CNC(=O)c1ccc(S(=O)(=O)Nc2nccs2)cc1. The molecule has 2 N–H and O–H groups in total. The van der Waals surface area contributed by atoms with E-state index >= 15 is 0 Å². The Balaban J connectivity index is 1.67. The van der Waals surface area contributed by atoms with Crippen LogP contribution < -0.4 is 10.0 Å². The van der Waals surface area contributed by atoms with Crippen LogP contribution in [-0.2, 0) is 16.6 Å². The first-order valence-electron chi connectivity index (χ1n) is 7.91. The van der Waals surface area contributed by atoms with Gasteiger partial charge in [0, 0.05) is 23.7 Å². The summed E-state index contributed by atoms with van der Waals surface area (Å²) in [6.07, 6.45) is 1.50. The van der Waals surface area contributed by atoms with Gasteiger partial charge in [-0.1, -0.05) is 6.07 Å². The number of nitrogens with one attached hydrogen (secondary N) is 2. The Hall–Kier alpha value is -2.78. The quantitative estimate of drug-likeness (QED) is 0.659. The lowest BCUT2D eigenvalue weighted by atomic mass is 10.1. The van der Waals surface area contributed by atoms with Crippen molar-refractivity contribution in [3.8, 4) is 0 Å². The van der Waals surface area contributed by atoms with E-state index in [1.165, 1.54) is 53.9 Å². The van der Waals surface area contributed by atoms with Crippen molar-refractivity contribution in [2.24, 2.45) is 0 Å². The molecule has 3 aromatic rings. The van der Waals surface area contributed by atoms with E-state index in [2.05, 4.69) is 15.0 Å². The summed E-state index contributed by atoms with van der Waals surface area (Å²) in [5.41, 5.74) is 1.85. The summed E-state index contributed by atoms with van der Waals surface area (Å²) in [5, 5.41) is 4.62. The fourth-order valence-corrected chi connectivity index (χ4v) is 4.13. The van der Waals surface area contributed by atoms with Crippen molar-refractivity contribution in [2.75, 3.05) is 4.72 Å². The summed E-state index contributed by atoms with van der Waals surface area (Å²) in [5.74, 6) is -0.748. The van der Waals surface area contributed by atoms with E-state index in [9.17, 15) is 17.6 Å². The number of carbonyl (C=O) groups excluding carboxylic acids is 1. The fraction of sp³-hybridized carbons (Fsp3) is 0.111. The molecule has 0 atom stereocenters. The largest absolute Gasteiger partial charge is 0.348 e. The highest BCUT2D eigenvalue weighted by molar-refractivity contribution is 7.93. The molecule has 0 radical (unpaired) electrons. The molecule has 140 valence electrons. The molecular formula is C18H16FN3O3S2. The van der Waals surface area contributed by atoms with E-state index in [1.807, 2.05) is 6.92 Å². The first-order valence-corrected chi connectivity index (χ1v) is 10.3. The molecule has 0 unspecified atom stereocenters. The monoisotopic (exact) mass is 405 g/mol. The number of amides is 1. The lowest BCUT2D eigenvalue weighted by molar-refractivity contribution is 0.0950. The summed E-state index contributed by atoms with van der Waals surface area (Å²) in [6, 6.07) is 9.91. The minimum atomic E-state index is -3.77. The second-order valence-electron chi connectivity index (χ2n) is 5.72. The van der Waals surface area contributed by atoms with Crippen LogP contribution in [0.4, 0.5) is 9.52 Å². The van der Waals surface area contributed by atoms with Gasteiger partial charge in [-0.3, -0.25) is 9.52 Å². The molecule has 0 spiro atoms. The molecule has 0 aliphatic rings. The molecule has 2 aromatic carbocycles. The number of carbonyl (C=O) groups is 1. The molecule has 1 heterocycles. The van der Waals surface area contributed by atoms with Gasteiger partial charge in [0.15, 0.2) is 5.13 Å². The molecule has 0 bridgehead atoms. The third-order valence-corrected chi connectivity index (χ3v) is 6.00. The van der Waals surface area contributed by atoms with Crippen LogP contribution in [0.25, 0.3) is 0 Å². The zero-order valence-corrected chi connectivity index (χ0v) is 15.9. The number of nitrogens with zero attached hydrogens (tertiary/aromatic N) is 1. The van der Waals surface area contributed by atoms with Crippen molar-refractivity contribution in [2.45, 2.75) is 18.4 Å². The highest BCUT2D eigenvalue weighted by Gasteiger charge is 2.16. The number of halogens is 1. The van der Waals surface area contributed by atoms with Gasteiger partial charge in [-0.25, -0.2) is 17.8 Å². The van der Waals surface area contributed by atoms with Crippen LogP contribution in [0.5, 0.6) is 0 Å². The molecule has 0 aliphatic heterocycles. The van der Waals surface area contributed by atoms with Crippen LogP contribution in [0.3, 0.4) is 0 Å². The van der Waals surface area contributed by atoms with Gasteiger partial charge in [0.2, 0.25) is 0 Å². The van der Waals surface area contributed by atoms with E-state index in [-0.39, 0.29) is 28.3 Å². The van der Waals surface area contributed by atoms with Crippen molar-refractivity contribution in [1.82, 2.24) is 10.3 Å². The first kappa shape index (κ1) is 19.0. The standard InChI is InChI=1S/C18H16FN3O3S2/c1-12-2-5-15(19)10-14(12)11-21-17(23)13-3-6-16(7-4-13)27(24,25)22-18-20-8-9-26-18/h2-10H,11H2,1H3,(H,20,22)(H,21,23). The molecular weight excluding hydrogens is 389 g/mol. The zero-order chi connectivity index (χ0) is 19.4. The smallest absolute Gasteiger partial charge is 0.263 e. The molecule has 0 saturated heterocycles. The normalized spacial score (nSPS) is 11.2. The van der Waals surface area contributed by atoms with Gasteiger partial charge in [-0.2, -0.15) is 0 Å². The Labute approximate surface area is 160 Å². The number of benzene rings is 2. The van der Waals surface area contributed by atoms with Crippen LogP contribution in [0.2, 0.25) is 0 Å². The zero-order valence-electron chi connectivity index (χ0n) is 14.3. The van der Waals surface area contributed by atoms with Gasteiger partial charge in [-0.15, -0.1) is 11.3 Å². The van der Waals surface area contributed by atoms with Crippen LogP contribution in [0.1, 0.15) is 21.5 Å². The van der Waals surface area contributed by atoms with Gasteiger partial charge in [0.05, 0.1) is 4.90 Å². The summed E-state index contributed by atoms with van der Waals surface area (Å²) >= 11 is 1.17. The number of sulfonamides is 1. The van der Waals surface area contributed by atoms with E-state index in [4.69, 9.17) is 0 Å². The molecule has 6 nitrogen and oxygen atoms in total. The maximum Gasteiger partial charge on any atom is 0.263 e. The maximum atomic E-state index is 13.3. The second-order valence-corrected chi connectivity index (χ2v) is 8.30. The molecule has 1 aromatic heterocycles. The summed E-state index contributed by atoms with van der Waals surface area (Å²) in [6.45, 7) is 2.00. The summed E-state index contributed by atoms with van der Waals surface area (Å²) in [7, 11) is -3.77. The lowest BCUT2D eigenvalue weighted by Crippen LogP contribution is -2.23. The van der Waals surface area contributed by atoms with Crippen LogP contribution >= 0.6 is 11.3 Å². The highest BCUT2D eigenvalue weighted by Crippen LogP contribution is 2.18. The number of thiazole rings is 1. The van der Waals surface area contributed by atoms with Crippen molar-refractivity contribution in [3.63, 3.8) is 0 Å². The number of anilines is 1. The summed E-state index contributed by atoms with van der Waals surface area (Å²) < 4.78 is 40.2. The van der Waals surface area contributed by atoms with Crippen molar-refractivity contribution < 1.29 is 17.6 Å². The Morgan fingerprint density at radius 1 is 1.19 bits per heavy atom. The number of hydrogen-bond acceptors (Lipinski definition) is 5. The van der Waals surface area contributed by atoms with E-state index in [0.717, 1.165) is 5.56 Å². The van der Waals surface area contributed by atoms with Crippen LogP contribution in [-0.4, -0.2) is 19.3 Å². The number of rotatable bonds is 6. The van der Waals surface area contributed by atoms with E-state index in [1.54, 1.807) is 11.4 Å². The first-order chi connectivity index (χ1) is 12.8. The number of aromatic nitrogens is 1. The third kappa shape index (κ3) is 4.69. The van der Waals surface area contributed by atoms with Crippen LogP contribution in [0, 0.1) is 12.7 Å². The van der Waals surface area contributed by atoms with Gasteiger partial charge in [0.1, 0.15) is 5.82 Å². The number of aryl methyl sites for hydroxylation is 1. The molecule has 0 saturated carbocycles. The molecule has 1 amide bonds. The summed E-state index contributed by atoms with van der Waals surface area (Å²) in [4.78, 5) is 16.2. The molecule has 3 rings (SSSR count). The second kappa shape index (κ2) is 7.85. The molecule has 0 aliphatic carbocycles. The fourth-order valence-electron chi connectivity index (χ4n) is 2.34. The molecule has 0 fully saturated rings.